The van der Waals surface area contributed by atoms with Gasteiger partial charge < -0.3 is 9.73 Å². The van der Waals surface area contributed by atoms with Crippen LogP contribution in [0.4, 0.5) is 0 Å². The molecule has 2 aromatic heterocycles. The van der Waals surface area contributed by atoms with Gasteiger partial charge in [-0.25, -0.2) is 4.98 Å². The molecule has 0 saturated carbocycles. The average Bonchev–Trinajstić information content (AvgIpc) is 3.04. The fourth-order valence-corrected chi connectivity index (χ4v) is 2.56. The first-order chi connectivity index (χ1) is 10.2. The van der Waals surface area contributed by atoms with E-state index in [2.05, 4.69) is 47.4 Å². The Morgan fingerprint density at radius 1 is 1.33 bits per heavy atom. The van der Waals surface area contributed by atoms with Crippen LogP contribution >= 0.6 is 0 Å². The van der Waals surface area contributed by atoms with Gasteiger partial charge in [0.25, 0.3) is 0 Å². The first-order valence-electron chi connectivity index (χ1n) is 7.23. The summed E-state index contributed by atoms with van der Waals surface area (Å²) in [5.74, 6) is 1.89. The molecule has 0 radical (unpaired) electrons. The molecule has 5 nitrogen and oxygen atoms in total. The zero-order valence-electron chi connectivity index (χ0n) is 12.6. The Balaban J connectivity index is 1.93. The molecule has 3 aromatic rings. The van der Waals surface area contributed by atoms with E-state index in [-0.39, 0.29) is 6.04 Å². The Kier molecular flexibility index (Phi) is 3.75. The fraction of sp³-hybridized carbons (Fsp3) is 0.375. The summed E-state index contributed by atoms with van der Waals surface area (Å²) in [4.78, 5) is 4.30. The smallest absolute Gasteiger partial charge is 0.138 e. The third-order valence-corrected chi connectivity index (χ3v) is 3.68. The second-order valence-electron chi connectivity index (χ2n) is 5.30. The van der Waals surface area contributed by atoms with Gasteiger partial charge in [-0.1, -0.05) is 18.6 Å². The number of hydrogen-bond acceptors (Lipinski definition) is 4. The molecule has 5 heteroatoms. The van der Waals surface area contributed by atoms with E-state index in [1.807, 2.05) is 13.1 Å². The maximum absolute atomic E-state index is 6.01. The summed E-state index contributed by atoms with van der Waals surface area (Å²) in [7, 11) is 1.91. The van der Waals surface area contributed by atoms with Crippen LogP contribution < -0.4 is 5.32 Å². The molecule has 0 aliphatic carbocycles. The summed E-state index contributed by atoms with van der Waals surface area (Å²) in [5, 5.41) is 8.73. The van der Waals surface area contributed by atoms with Gasteiger partial charge in [0.1, 0.15) is 23.5 Å². The van der Waals surface area contributed by atoms with Gasteiger partial charge in [0.2, 0.25) is 0 Å². The largest absolute Gasteiger partial charge is 0.459 e. The SMILES string of the molecule is CCNC(Cc1ncnn1C)c1cc2cc(C)ccc2o1. The van der Waals surface area contributed by atoms with Crippen molar-refractivity contribution in [3.63, 3.8) is 0 Å². The number of rotatable bonds is 5. The number of benzene rings is 1. The monoisotopic (exact) mass is 284 g/mol. The Bertz CT molecular complexity index is 744. The molecule has 0 amide bonds. The molecule has 21 heavy (non-hydrogen) atoms. The van der Waals surface area contributed by atoms with Crippen LogP contribution in [0.3, 0.4) is 0 Å². The van der Waals surface area contributed by atoms with Crippen molar-refractivity contribution in [3.8, 4) is 0 Å². The average molecular weight is 284 g/mol. The Labute approximate surface area is 124 Å². The van der Waals surface area contributed by atoms with Crippen molar-refractivity contribution < 1.29 is 4.42 Å². The Morgan fingerprint density at radius 2 is 2.19 bits per heavy atom. The summed E-state index contributed by atoms with van der Waals surface area (Å²) in [6, 6.07) is 8.46. The van der Waals surface area contributed by atoms with E-state index in [1.165, 1.54) is 5.56 Å². The van der Waals surface area contributed by atoms with Crippen LogP contribution in [0.25, 0.3) is 11.0 Å². The molecule has 1 N–H and O–H groups in total. The van der Waals surface area contributed by atoms with Crippen LogP contribution in [-0.2, 0) is 13.5 Å². The normalized spacial score (nSPS) is 12.9. The van der Waals surface area contributed by atoms with E-state index in [0.29, 0.717) is 0 Å². The van der Waals surface area contributed by atoms with Gasteiger partial charge >= 0.3 is 0 Å². The van der Waals surface area contributed by atoms with Crippen molar-refractivity contribution in [1.29, 1.82) is 0 Å². The highest BCUT2D eigenvalue weighted by atomic mass is 16.3. The lowest BCUT2D eigenvalue weighted by Gasteiger charge is -2.14. The lowest BCUT2D eigenvalue weighted by atomic mass is 10.1. The van der Waals surface area contributed by atoms with Gasteiger partial charge in [-0.3, -0.25) is 4.68 Å². The van der Waals surface area contributed by atoms with Gasteiger partial charge in [-0.05, 0) is 31.7 Å². The Morgan fingerprint density at radius 3 is 2.90 bits per heavy atom. The molecular formula is C16H20N4O. The first kappa shape index (κ1) is 13.8. The quantitative estimate of drug-likeness (QED) is 0.782. The summed E-state index contributed by atoms with van der Waals surface area (Å²) in [6.45, 7) is 5.06. The lowest BCUT2D eigenvalue weighted by molar-refractivity contribution is 0.424. The summed E-state index contributed by atoms with van der Waals surface area (Å²) < 4.78 is 7.81. The molecule has 0 saturated heterocycles. The third-order valence-electron chi connectivity index (χ3n) is 3.68. The minimum atomic E-state index is 0.102. The summed E-state index contributed by atoms with van der Waals surface area (Å²) in [5.41, 5.74) is 2.17. The van der Waals surface area contributed by atoms with Gasteiger partial charge in [0, 0.05) is 18.9 Å². The molecule has 1 aromatic carbocycles. The number of nitrogens with one attached hydrogen (secondary N) is 1. The number of aryl methyl sites for hydroxylation is 2. The number of furan rings is 1. The minimum absolute atomic E-state index is 0.102. The number of aromatic nitrogens is 3. The van der Waals surface area contributed by atoms with Gasteiger partial charge in [-0.15, -0.1) is 0 Å². The number of fused-ring (bicyclic) bond motifs is 1. The fourth-order valence-electron chi connectivity index (χ4n) is 2.56. The maximum atomic E-state index is 6.01. The standard InChI is InChI=1S/C16H20N4O/c1-4-17-13(9-16-18-10-19-20(16)3)15-8-12-7-11(2)5-6-14(12)21-15/h5-8,10,13,17H,4,9H2,1-3H3. The summed E-state index contributed by atoms with van der Waals surface area (Å²) >= 11 is 0. The van der Waals surface area contributed by atoms with Crippen molar-refractivity contribution in [2.75, 3.05) is 6.54 Å². The van der Waals surface area contributed by atoms with Crippen LogP contribution in [0.2, 0.25) is 0 Å². The van der Waals surface area contributed by atoms with Crippen LogP contribution in [-0.4, -0.2) is 21.3 Å². The molecule has 0 bridgehead atoms. The van der Waals surface area contributed by atoms with Crippen molar-refractivity contribution in [2.45, 2.75) is 26.3 Å². The zero-order valence-corrected chi connectivity index (χ0v) is 12.6. The Hall–Kier alpha value is -2.14. The van der Waals surface area contributed by atoms with E-state index in [0.717, 1.165) is 35.5 Å². The predicted molar refractivity (Wildman–Crippen MR) is 82.1 cm³/mol. The third kappa shape index (κ3) is 2.83. The first-order valence-corrected chi connectivity index (χ1v) is 7.23. The molecule has 0 aliphatic heterocycles. The van der Waals surface area contributed by atoms with Crippen LogP contribution in [0, 0.1) is 6.92 Å². The van der Waals surface area contributed by atoms with E-state index in [9.17, 15) is 0 Å². The number of likely N-dealkylation sites (N-methyl/N-ethyl adjacent to an activating group) is 1. The van der Waals surface area contributed by atoms with Crippen molar-refractivity contribution in [1.82, 2.24) is 20.1 Å². The van der Waals surface area contributed by atoms with E-state index in [1.54, 1.807) is 11.0 Å². The van der Waals surface area contributed by atoms with Crippen LogP contribution in [0.5, 0.6) is 0 Å². The molecule has 3 rings (SSSR count). The molecule has 1 atom stereocenters. The zero-order chi connectivity index (χ0) is 14.8. The second kappa shape index (κ2) is 5.69. The topological polar surface area (TPSA) is 55.9 Å². The van der Waals surface area contributed by atoms with Gasteiger partial charge in [0.05, 0.1) is 6.04 Å². The van der Waals surface area contributed by atoms with Crippen molar-refractivity contribution in [3.05, 3.63) is 47.7 Å². The highest BCUT2D eigenvalue weighted by Crippen LogP contribution is 2.26. The van der Waals surface area contributed by atoms with E-state index in [4.69, 9.17) is 4.42 Å². The molecule has 2 heterocycles. The molecule has 0 spiro atoms. The molecule has 110 valence electrons. The van der Waals surface area contributed by atoms with Gasteiger partial charge in [0.15, 0.2) is 0 Å². The lowest BCUT2D eigenvalue weighted by Crippen LogP contribution is -2.23. The molecule has 0 fully saturated rings. The van der Waals surface area contributed by atoms with Crippen molar-refractivity contribution >= 4 is 11.0 Å². The van der Waals surface area contributed by atoms with Crippen LogP contribution in [0.15, 0.2) is 35.0 Å². The highest BCUT2D eigenvalue weighted by Gasteiger charge is 2.18. The van der Waals surface area contributed by atoms with Crippen LogP contribution in [0.1, 0.15) is 30.1 Å². The molecule has 1 unspecified atom stereocenters. The van der Waals surface area contributed by atoms with Crippen molar-refractivity contribution in [2.24, 2.45) is 7.05 Å². The second-order valence-corrected chi connectivity index (χ2v) is 5.30. The number of nitrogens with zero attached hydrogens (tertiary/aromatic N) is 3. The molecule has 0 aliphatic rings. The van der Waals surface area contributed by atoms with Gasteiger partial charge in [-0.2, -0.15) is 5.10 Å². The van der Waals surface area contributed by atoms with E-state index < -0.39 is 0 Å². The molecular weight excluding hydrogens is 264 g/mol. The predicted octanol–water partition coefficient (Wildman–Crippen LogP) is 2.76. The highest BCUT2D eigenvalue weighted by molar-refractivity contribution is 5.78. The van der Waals surface area contributed by atoms with E-state index >= 15 is 0 Å². The maximum Gasteiger partial charge on any atom is 0.138 e. The minimum Gasteiger partial charge on any atom is -0.459 e. The number of hydrogen-bond donors (Lipinski definition) is 1. The summed E-state index contributed by atoms with van der Waals surface area (Å²) in [6.07, 6.45) is 2.34.